The van der Waals surface area contributed by atoms with Gasteiger partial charge in [0.1, 0.15) is 11.6 Å². The minimum Gasteiger partial charge on any atom is -0.382 e. The van der Waals surface area contributed by atoms with E-state index in [0.717, 1.165) is 17.7 Å². The molecule has 1 heterocycles. The van der Waals surface area contributed by atoms with Gasteiger partial charge in [0.2, 0.25) is 0 Å². The summed E-state index contributed by atoms with van der Waals surface area (Å²) in [7, 11) is 0. The Kier molecular flexibility index (Phi) is 3.57. The summed E-state index contributed by atoms with van der Waals surface area (Å²) in [5.41, 5.74) is 8.22. The van der Waals surface area contributed by atoms with Crippen molar-refractivity contribution in [2.75, 3.05) is 5.73 Å². The molecule has 0 saturated heterocycles. The van der Waals surface area contributed by atoms with Crippen LogP contribution in [-0.4, -0.2) is 10.2 Å². The molecule has 3 N–H and O–H groups in total. The van der Waals surface area contributed by atoms with Crippen molar-refractivity contribution in [2.45, 2.75) is 20.3 Å². The lowest BCUT2D eigenvalue weighted by molar-refractivity contribution is 0.628. The van der Waals surface area contributed by atoms with E-state index in [1.165, 1.54) is 12.1 Å². The summed E-state index contributed by atoms with van der Waals surface area (Å²) in [6.45, 7) is 4.19. The summed E-state index contributed by atoms with van der Waals surface area (Å²) in [4.78, 5) is 0. The van der Waals surface area contributed by atoms with Crippen LogP contribution in [0.25, 0.3) is 11.3 Å². The fourth-order valence-corrected chi connectivity index (χ4v) is 2.00. The molecule has 0 aliphatic rings. The average molecular weight is 268 g/mol. The Bertz CT molecular complexity index is 563. The van der Waals surface area contributed by atoms with Crippen LogP contribution in [0, 0.1) is 11.7 Å². The molecule has 3 nitrogen and oxygen atoms in total. The van der Waals surface area contributed by atoms with Gasteiger partial charge < -0.3 is 5.73 Å². The lowest BCUT2D eigenvalue weighted by Gasteiger charge is -2.07. The van der Waals surface area contributed by atoms with Gasteiger partial charge >= 0.3 is 0 Å². The van der Waals surface area contributed by atoms with Gasteiger partial charge in [-0.05, 0) is 24.5 Å². The lowest BCUT2D eigenvalue weighted by atomic mass is 9.99. The molecule has 0 radical (unpaired) electrons. The van der Waals surface area contributed by atoms with Crippen molar-refractivity contribution < 1.29 is 4.39 Å². The molecule has 0 spiro atoms. The minimum atomic E-state index is -0.446. The van der Waals surface area contributed by atoms with E-state index >= 15 is 0 Å². The number of hydrogen-bond donors (Lipinski definition) is 2. The number of hydrogen-bond acceptors (Lipinski definition) is 2. The molecular formula is C13H15ClFN3. The number of nitrogen functional groups attached to an aromatic ring is 1. The summed E-state index contributed by atoms with van der Waals surface area (Å²) in [5.74, 6) is 0.465. The first-order valence-corrected chi connectivity index (χ1v) is 6.15. The highest BCUT2D eigenvalue weighted by Gasteiger charge is 2.15. The maximum atomic E-state index is 13.5. The molecule has 5 heteroatoms. The van der Waals surface area contributed by atoms with E-state index in [1.54, 1.807) is 6.07 Å². The molecule has 1 aromatic heterocycles. The van der Waals surface area contributed by atoms with Gasteiger partial charge in [-0.15, -0.1) is 0 Å². The molecule has 0 aliphatic carbocycles. The molecule has 2 aromatic rings. The quantitative estimate of drug-likeness (QED) is 0.892. The van der Waals surface area contributed by atoms with Crippen molar-refractivity contribution in [1.29, 1.82) is 0 Å². The SMILES string of the molecule is CC(C)Cc1c(N)n[nH]c1-c1ccc(Cl)c(F)c1. The number of H-pyrrole nitrogens is 1. The Morgan fingerprint density at radius 3 is 2.78 bits per heavy atom. The van der Waals surface area contributed by atoms with Crippen molar-refractivity contribution in [3.8, 4) is 11.3 Å². The second kappa shape index (κ2) is 4.98. The molecule has 1 aromatic carbocycles. The van der Waals surface area contributed by atoms with E-state index < -0.39 is 5.82 Å². The number of rotatable bonds is 3. The van der Waals surface area contributed by atoms with Crippen LogP contribution in [0.5, 0.6) is 0 Å². The van der Waals surface area contributed by atoms with E-state index in [2.05, 4.69) is 24.0 Å². The Morgan fingerprint density at radius 2 is 2.17 bits per heavy atom. The van der Waals surface area contributed by atoms with Crippen LogP contribution in [0.2, 0.25) is 5.02 Å². The highest BCUT2D eigenvalue weighted by molar-refractivity contribution is 6.30. The molecule has 0 bridgehead atoms. The summed E-state index contributed by atoms with van der Waals surface area (Å²) in [5, 5.41) is 6.96. The number of nitrogens with two attached hydrogens (primary N) is 1. The first kappa shape index (κ1) is 12.9. The van der Waals surface area contributed by atoms with Gasteiger partial charge in [-0.25, -0.2) is 4.39 Å². The summed E-state index contributed by atoms with van der Waals surface area (Å²) in [6, 6.07) is 4.67. The number of anilines is 1. The van der Waals surface area contributed by atoms with E-state index in [-0.39, 0.29) is 5.02 Å². The number of aromatic nitrogens is 2. The Hall–Kier alpha value is -1.55. The number of nitrogens with zero attached hydrogens (tertiary/aromatic N) is 1. The molecule has 0 atom stereocenters. The van der Waals surface area contributed by atoms with Gasteiger partial charge in [0.15, 0.2) is 0 Å². The largest absolute Gasteiger partial charge is 0.382 e. The third-order valence-corrected chi connectivity index (χ3v) is 3.03. The molecular weight excluding hydrogens is 253 g/mol. The van der Waals surface area contributed by atoms with Crippen molar-refractivity contribution in [3.63, 3.8) is 0 Å². The van der Waals surface area contributed by atoms with Gasteiger partial charge in [-0.2, -0.15) is 5.10 Å². The summed E-state index contributed by atoms with van der Waals surface area (Å²) >= 11 is 5.67. The first-order chi connectivity index (χ1) is 8.49. The van der Waals surface area contributed by atoms with Crippen LogP contribution in [0.1, 0.15) is 19.4 Å². The highest BCUT2D eigenvalue weighted by atomic mass is 35.5. The molecule has 0 amide bonds. The lowest BCUT2D eigenvalue weighted by Crippen LogP contribution is -1.99. The highest BCUT2D eigenvalue weighted by Crippen LogP contribution is 2.29. The van der Waals surface area contributed by atoms with Gasteiger partial charge in [0.25, 0.3) is 0 Å². The third kappa shape index (κ3) is 2.48. The van der Waals surface area contributed by atoms with E-state index in [0.29, 0.717) is 17.3 Å². The van der Waals surface area contributed by atoms with Crippen molar-refractivity contribution in [3.05, 3.63) is 34.6 Å². The van der Waals surface area contributed by atoms with Crippen molar-refractivity contribution >= 4 is 17.4 Å². The van der Waals surface area contributed by atoms with Crippen molar-refractivity contribution in [1.82, 2.24) is 10.2 Å². The Labute approximate surface area is 110 Å². The molecule has 18 heavy (non-hydrogen) atoms. The number of aromatic amines is 1. The number of benzene rings is 1. The van der Waals surface area contributed by atoms with Crippen LogP contribution in [0.3, 0.4) is 0 Å². The molecule has 0 aliphatic heterocycles. The zero-order chi connectivity index (χ0) is 13.3. The predicted octanol–water partition coefficient (Wildman–Crippen LogP) is 3.65. The van der Waals surface area contributed by atoms with E-state index in [9.17, 15) is 4.39 Å². The minimum absolute atomic E-state index is 0.108. The van der Waals surface area contributed by atoms with Crippen LogP contribution in [0.15, 0.2) is 18.2 Å². The molecule has 0 saturated carbocycles. The van der Waals surface area contributed by atoms with E-state index in [1.807, 2.05) is 0 Å². The zero-order valence-corrected chi connectivity index (χ0v) is 11.1. The van der Waals surface area contributed by atoms with Gasteiger partial charge in [-0.3, -0.25) is 5.10 Å². The molecule has 96 valence electrons. The molecule has 0 fully saturated rings. The second-order valence-corrected chi connectivity index (χ2v) is 5.10. The summed E-state index contributed by atoms with van der Waals surface area (Å²) in [6.07, 6.45) is 0.794. The van der Waals surface area contributed by atoms with Gasteiger partial charge in [-0.1, -0.05) is 31.5 Å². The average Bonchev–Trinajstić information content (AvgIpc) is 2.64. The standard InChI is InChI=1S/C13H15ClFN3/c1-7(2)5-9-12(17-18-13(9)16)8-3-4-10(14)11(15)6-8/h3-4,6-7H,5H2,1-2H3,(H3,16,17,18). The predicted molar refractivity (Wildman–Crippen MR) is 71.9 cm³/mol. The van der Waals surface area contributed by atoms with Crippen LogP contribution in [-0.2, 0) is 6.42 Å². The second-order valence-electron chi connectivity index (χ2n) is 4.69. The zero-order valence-electron chi connectivity index (χ0n) is 10.3. The Morgan fingerprint density at radius 1 is 1.44 bits per heavy atom. The van der Waals surface area contributed by atoms with Crippen LogP contribution < -0.4 is 5.73 Å². The normalized spacial score (nSPS) is 11.2. The monoisotopic (exact) mass is 267 g/mol. The van der Waals surface area contributed by atoms with Crippen LogP contribution in [0.4, 0.5) is 10.2 Å². The van der Waals surface area contributed by atoms with Crippen molar-refractivity contribution in [2.24, 2.45) is 5.92 Å². The molecule has 2 rings (SSSR count). The Balaban J connectivity index is 2.47. The van der Waals surface area contributed by atoms with Crippen LogP contribution >= 0.6 is 11.6 Å². The number of halogens is 2. The smallest absolute Gasteiger partial charge is 0.149 e. The van der Waals surface area contributed by atoms with Gasteiger partial charge in [0.05, 0.1) is 10.7 Å². The number of nitrogens with one attached hydrogen (secondary N) is 1. The van der Waals surface area contributed by atoms with E-state index in [4.69, 9.17) is 17.3 Å². The summed E-state index contributed by atoms with van der Waals surface area (Å²) < 4.78 is 13.5. The first-order valence-electron chi connectivity index (χ1n) is 5.77. The fraction of sp³-hybridized carbons (Fsp3) is 0.308. The fourth-order valence-electron chi connectivity index (χ4n) is 1.88. The topological polar surface area (TPSA) is 54.7 Å². The molecule has 0 unspecified atom stereocenters. The van der Waals surface area contributed by atoms with Gasteiger partial charge in [0, 0.05) is 11.1 Å². The third-order valence-electron chi connectivity index (χ3n) is 2.72. The maximum absolute atomic E-state index is 13.5. The maximum Gasteiger partial charge on any atom is 0.149 e.